The van der Waals surface area contributed by atoms with E-state index in [2.05, 4.69) is 6.58 Å². The summed E-state index contributed by atoms with van der Waals surface area (Å²) in [5, 5.41) is 0. The average Bonchev–Trinajstić information content (AvgIpc) is 2.61. The molecule has 0 aromatic rings. The monoisotopic (exact) mass is 408 g/mol. The molecule has 0 saturated heterocycles. The normalized spacial score (nSPS) is 32.1. The Hall–Kier alpha value is -1.44. The molecule has 0 aromatic heterocycles. The second-order valence-electron chi connectivity index (χ2n) is 8.62. The molecule has 0 spiro atoms. The van der Waals surface area contributed by atoms with Crippen molar-refractivity contribution in [2.24, 2.45) is 29.1 Å². The van der Waals surface area contributed by atoms with Gasteiger partial charge in [0.25, 0.3) is 0 Å². The van der Waals surface area contributed by atoms with Crippen LogP contribution in [0.3, 0.4) is 0 Å². The highest BCUT2D eigenvalue weighted by atomic mass is 19.3. The fourth-order valence-corrected chi connectivity index (χ4v) is 5.76. The van der Waals surface area contributed by atoms with Gasteiger partial charge in [-0.25, -0.2) is 0 Å². The fourth-order valence-electron chi connectivity index (χ4n) is 5.76. The Morgan fingerprint density at radius 1 is 1.11 bits per heavy atom. The van der Waals surface area contributed by atoms with Crippen molar-refractivity contribution in [3.8, 4) is 0 Å². The van der Waals surface area contributed by atoms with E-state index in [-0.39, 0.29) is 5.41 Å². The van der Waals surface area contributed by atoms with Crippen molar-refractivity contribution in [3.63, 3.8) is 0 Å². The zero-order chi connectivity index (χ0) is 20.5. The Balaban J connectivity index is 1.53. The summed E-state index contributed by atoms with van der Waals surface area (Å²) in [6.45, 7) is 3.02. The van der Waals surface area contributed by atoms with Crippen LogP contribution in [-0.2, 0) is 14.3 Å². The van der Waals surface area contributed by atoms with Gasteiger partial charge in [0.2, 0.25) is 5.83 Å². The molecule has 4 fully saturated rings. The Morgan fingerprint density at radius 2 is 1.64 bits per heavy atom. The molecule has 8 heteroatoms. The van der Waals surface area contributed by atoms with Crippen LogP contribution < -0.4 is 0 Å². The molecule has 0 aliphatic heterocycles. The summed E-state index contributed by atoms with van der Waals surface area (Å²) < 4.78 is 75.7. The Morgan fingerprint density at radius 3 is 2.11 bits per heavy atom. The predicted octanol–water partition coefficient (Wildman–Crippen LogP) is 5.63. The molecule has 0 heterocycles. The van der Waals surface area contributed by atoms with E-state index in [1.165, 1.54) is 19.3 Å². The lowest BCUT2D eigenvalue weighted by atomic mass is 9.50. The van der Waals surface area contributed by atoms with Gasteiger partial charge in [-0.05, 0) is 68.1 Å². The van der Waals surface area contributed by atoms with Crippen LogP contribution >= 0.6 is 0 Å². The van der Waals surface area contributed by atoms with Crippen molar-refractivity contribution in [1.82, 2.24) is 0 Å². The third-order valence-electron chi connectivity index (χ3n) is 6.44. The number of allylic oxidation sites excluding steroid dienone is 2. The number of carbonyl (C=O) groups is 1. The largest absolute Gasteiger partial charge is 0.438 e. The van der Waals surface area contributed by atoms with E-state index in [0.717, 1.165) is 25.3 Å². The summed E-state index contributed by atoms with van der Waals surface area (Å²) in [5.41, 5.74) is 0.0534. The maximum atomic E-state index is 13.9. The molecule has 158 valence electrons. The molecular weight excluding hydrogens is 383 g/mol. The second-order valence-corrected chi connectivity index (χ2v) is 8.62. The van der Waals surface area contributed by atoms with Crippen LogP contribution in [0.25, 0.3) is 0 Å². The zero-order valence-electron chi connectivity index (χ0n) is 15.6. The minimum atomic E-state index is -4.68. The topological polar surface area (TPSA) is 35.5 Å². The van der Waals surface area contributed by atoms with Gasteiger partial charge in [-0.3, -0.25) is 4.79 Å². The van der Waals surface area contributed by atoms with Crippen LogP contribution in [-0.4, -0.2) is 25.3 Å². The van der Waals surface area contributed by atoms with Crippen molar-refractivity contribution in [1.29, 1.82) is 0 Å². The van der Waals surface area contributed by atoms with Crippen molar-refractivity contribution in [2.45, 2.75) is 50.9 Å². The van der Waals surface area contributed by atoms with Crippen molar-refractivity contribution < 1.29 is 36.2 Å². The van der Waals surface area contributed by atoms with E-state index >= 15 is 0 Å². The van der Waals surface area contributed by atoms with Gasteiger partial charge in [-0.2, -0.15) is 22.0 Å². The van der Waals surface area contributed by atoms with Crippen LogP contribution in [0.4, 0.5) is 22.0 Å². The van der Waals surface area contributed by atoms with Crippen molar-refractivity contribution in [2.75, 3.05) is 13.4 Å². The Kier molecular flexibility index (Phi) is 6.17. The minimum absolute atomic E-state index is 0.0534. The molecule has 4 bridgehead atoms. The molecule has 0 radical (unpaired) electrons. The van der Waals surface area contributed by atoms with Gasteiger partial charge >= 0.3 is 18.0 Å². The molecule has 0 N–H and O–H groups in total. The zero-order valence-corrected chi connectivity index (χ0v) is 15.6. The third kappa shape index (κ3) is 4.26. The van der Waals surface area contributed by atoms with Crippen LogP contribution in [0.5, 0.6) is 0 Å². The molecule has 4 saturated carbocycles. The molecule has 28 heavy (non-hydrogen) atoms. The average molecular weight is 408 g/mol. The summed E-state index contributed by atoms with van der Waals surface area (Å²) in [4.78, 5) is 12.0. The number of halogens is 5. The SMILES string of the molecule is C=CCC(C(=O)OCOCC12CC3CC(CC(C3)C1)C2)C(F)(F)C(F)=C(F)F. The van der Waals surface area contributed by atoms with E-state index in [0.29, 0.717) is 24.4 Å². The minimum Gasteiger partial charge on any atom is -0.438 e. The highest BCUT2D eigenvalue weighted by Crippen LogP contribution is 2.60. The van der Waals surface area contributed by atoms with Crippen LogP contribution in [0.15, 0.2) is 24.6 Å². The summed E-state index contributed by atoms with van der Waals surface area (Å²) in [7, 11) is 0. The first-order chi connectivity index (χ1) is 13.2. The van der Waals surface area contributed by atoms with E-state index in [4.69, 9.17) is 9.47 Å². The highest BCUT2D eigenvalue weighted by molar-refractivity contribution is 5.74. The van der Waals surface area contributed by atoms with Gasteiger partial charge in [0.1, 0.15) is 5.92 Å². The molecule has 1 atom stereocenters. The quantitative estimate of drug-likeness (QED) is 0.163. The van der Waals surface area contributed by atoms with Crippen molar-refractivity contribution >= 4 is 5.97 Å². The van der Waals surface area contributed by atoms with Gasteiger partial charge in [0.15, 0.2) is 6.79 Å². The molecule has 4 aliphatic rings. The Labute approximate surface area is 160 Å². The first-order valence-corrected chi connectivity index (χ1v) is 9.61. The van der Waals surface area contributed by atoms with Crippen molar-refractivity contribution in [3.05, 3.63) is 24.6 Å². The lowest BCUT2D eigenvalue weighted by Crippen LogP contribution is -2.48. The van der Waals surface area contributed by atoms with Gasteiger partial charge in [0, 0.05) is 0 Å². The highest BCUT2D eigenvalue weighted by Gasteiger charge is 2.52. The standard InChI is InChI=1S/C20H25F5O3/c1-2-3-15(20(24,25)16(21)17(22)23)18(26)28-11-27-10-19-7-12-4-13(8-19)6-14(5-12)9-19/h2,12-15H,1,3-11H2. The van der Waals surface area contributed by atoms with Gasteiger partial charge < -0.3 is 9.47 Å². The number of rotatable bonds is 9. The van der Waals surface area contributed by atoms with Gasteiger partial charge in [-0.15, -0.1) is 6.58 Å². The smallest absolute Gasteiger partial charge is 0.317 e. The molecule has 3 nitrogen and oxygen atoms in total. The van der Waals surface area contributed by atoms with Gasteiger partial charge in [-0.1, -0.05) is 6.08 Å². The number of alkyl halides is 2. The van der Waals surface area contributed by atoms with E-state index in [1.54, 1.807) is 0 Å². The lowest BCUT2D eigenvalue weighted by Gasteiger charge is -2.56. The van der Waals surface area contributed by atoms with E-state index in [1.807, 2.05) is 0 Å². The first kappa shape index (κ1) is 21.3. The van der Waals surface area contributed by atoms with Crippen LogP contribution in [0.2, 0.25) is 0 Å². The van der Waals surface area contributed by atoms with Crippen LogP contribution in [0, 0.1) is 29.1 Å². The summed E-state index contributed by atoms with van der Waals surface area (Å²) in [5.74, 6) is -9.40. The van der Waals surface area contributed by atoms with Gasteiger partial charge in [0.05, 0.1) is 6.61 Å². The molecule has 1 unspecified atom stereocenters. The number of carbonyl (C=O) groups excluding carboxylic acids is 1. The lowest BCUT2D eigenvalue weighted by molar-refractivity contribution is -0.180. The molecule has 0 amide bonds. The predicted molar refractivity (Wildman–Crippen MR) is 91.1 cm³/mol. The maximum absolute atomic E-state index is 13.9. The second kappa shape index (κ2) is 8.13. The summed E-state index contributed by atoms with van der Waals surface area (Å²) in [6.07, 6.45) is 4.04. The summed E-state index contributed by atoms with van der Waals surface area (Å²) in [6, 6.07) is 0. The molecule has 4 aliphatic carbocycles. The van der Waals surface area contributed by atoms with Crippen LogP contribution in [0.1, 0.15) is 44.9 Å². The van der Waals surface area contributed by atoms with E-state index < -0.39 is 42.9 Å². The maximum Gasteiger partial charge on any atom is 0.317 e. The third-order valence-corrected chi connectivity index (χ3v) is 6.44. The number of esters is 1. The Bertz CT molecular complexity index is 606. The number of hydrogen-bond acceptors (Lipinski definition) is 3. The summed E-state index contributed by atoms with van der Waals surface area (Å²) >= 11 is 0. The molecule has 4 rings (SSSR count). The van der Waals surface area contributed by atoms with E-state index in [9.17, 15) is 26.7 Å². The fraction of sp³-hybridized carbons (Fsp3) is 0.750. The molecule has 0 aromatic carbocycles. The number of ether oxygens (including phenoxy) is 2. The molecular formula is C20H25F5O3. The first-order valence-electron chi connectivity index (χ1n) is 9.61. The number of hydrogen-bond donors (Lipinski definition) is 0.